The second-order valence-corrected chi connectivity index (χ2v) is 9.93. The van der Waals surface area contributed by atoms with Crippen LogP contribution in [0, 0.1) is 0 Å². The van der Waals surface area contributed by atoms with Crippen LogP contribution in [-0.4, -0.2) is 36.2 Å². The van der Waals surface area contributed by atoms with Crippen molar-refractivity contribution in [3.63, 3.8) is 0 Å². The third-order valence-electron chi connectivity index (χ3n) is 6.55. The first-order valence-electron chi connectivity index (χ1n) is 12.6. The molecule has 0 bridgehead atoms. The Morgan fingerprint density at radius 2 is 1.90 bits per heavy atom. The number of esters is 1. The molecule has 0 fully saturated rings. The van der Waals surface area contributed by atoms with E-state index in [0.29, 0.717) is 45.0 Å². The number of methoxy groups -OCH3 is 2. The van der Waals surface area contributed by atoms with Crippen molar-refractivity contribution < 1.29 is 28.2 Å². The number of hydrogen-bond donors (Lipinski definition) is 1. The molecule has 0 saturated carbocycles. The van der Waals surface area contributed by atoms with Crippen LogP contribution in [0.2, 0.25) is 0 Å². The summed E-state index contributed by atoms with van der Waals surface area (Å²) in [5.74, 6) is 1.12. The van der Waals surface area contributed by atoms with E-state index in [1.807, 2.05) is 52.8 Å². The van der Waals surface area contributed by atoms with E-state index < -0.39 is 12.0 Å². The van der Waals surface area contributed by atoms with Gasteiger partial charge in [0, 0.05) is 17.3 Å². The standard InChI is InChI=1S/C30H29N3O6S/c1-19-27(29(35)39-17-20-8-5-4-6-9-20)28(24-12-11-22(36-2)15-25(24)37-3)33-21(18-40-30(33)32-19)14-26(34)31-16-23-10-7-13-38-23/h4-13,15,18,28H,14,16-17H2,1-3H3,(H,31,34). The van der Waals surface area contributed by atoms with Crippen LogP contribution < -0.4 is 14.8 Å². The van der Waals surface area contributed by atoms with Crippen molar-refractivity contribution in [2.24, 2.45) is 4.99 Å². The molecule has 3 aromatic rings. The molecule has 1 amide bonds. The number of aliphatic imine (C=N–C) groups is 1. The van der Waals surface area contributed by atoms with Crippen LogP contribution in [0.15, 0.2) is 98.7 Å². The second-order valence-electron chi connectivity index (χ2n) is 9.10. The quantitative estimate of drug-likeness (QED) is 0.333. The van der Waals surface area contributed by atoms with E-state index in [1.165, 1.54) is 11.8 Å². The summed E-state index contributed by atoms with van der Waals surface area (Å²) in [6.45, 7) is 2.19. The molecule has 2 aromatic carbocycles. The van der Waals surface area contributed by atoms with Gasteiger partial charge in [-0.2, -0.15) is 0 Å². The lowest BCUT2D eigenvalue weighted by Crippen LogP contribution is -2.38. The van der Waals surface area contributed by atoms with Gasteiger partial charge >= 0.3 is 5.97 Å². The van der Waals surface area contributed by atoms with Crippen molar-refractivity contribution >= 4 is 28.8 Å². The highest BCUT2D eigenvalue weighted by Gasteiger charge is 2.42. The predicted molar refractivity (Wildman–Crippen MR) is 151 cm³/mol. The highest BCUT2D eigenvalue weighted by atomic mass is 32.2. The van der Waals surface area contributed by atoms with Crippen LogP contribution in [0.5, 0.6) is 11.5 Å². The van der Waals surface area contributed by atoms with Crippen molar-refractivity contribution in [2.45, 2.75) is 32.5 Å². The molecule has 0 saturated heterocycles. The van der Waals surface area contributed by atoms with Gasteiger partial charge in [0.1, 0.15) is 23.9 Å². The van der Waals surface area contributed by atoms with Crippen LogP contribution in [0.1, 0.15) is 36.3 Å². The number of benzene rings is 2. The van der Waals surface area contributed by atoms with Gasteiger partial charge in [-0.1, -0.05) is 42.1 Å². The Balaban J connectivity index is 1.47. The van der Waals surface area contributed by atoms with Crippen LogP contribution in [0.3, 0.4) is 0 Å². The lowest BCUT2D eigenvalue weighted by Gasteiger charge is -2.36. The van der Waals surface area contributed by atoms with Crippen molar-refractivity contribution in [3.8, 4) is 11.5 Å². The molecular formula is C30H29N3O6S. The number of allylic oxidation sites excluding steroid dienone is 1. The SMILES string of the molecule is COc1ccc(C2C(C(=O)OCc3ccccc3)=C(C)N=C3SC=C(CC(=O)NCc4ccco4)N32)c(OC)c1. The van der Waals surface area contributed by atoms with Crippen LogP contribution in [-0.2, 0) is 27.5 Å². The summed E-state index contributed by atoms with van der Waals surface area (Å²) in [4.78, 5) is 33.3. The Morgan fingerprint density at radius 1 is 1.07 bits per heavy atom. The number of amidine groups is 1. The smallest absolute Gasteiger partial charge is 0.338 e. The van der Waals surface area contributed by atoms with Crippen molar-refractivity contribution in [3.05, 3.63) is 106 Å². The van der Waals surface area contributed by atoms with Crippen LogP contribution >= 0.6 is 11.8 Å². The van der Waals surface area contributed by atoms with Crippen molar-refractivity contribution in [2.75, 3.05) is 14.2 Å². The number of ether oxygens (including phenoxy) is 3. The van der Waals surface area contributed by atoms with Crippen molar-refractivity contribution in [1.29, 1.82) is 0 Å². The van der Waals surface area contributed by atoms with Gasteiger partial charge in [-0.15, -0.1) is 0 Å². The predicted octanol–water partition coefficient (Wildman–Crippen LogP) is 5.32. The summed E-state index contributed by atoms with van der Waals surface area (Å²) in [6.07, 6.45) is 1.64. The van der Waals surface area contributed by atoms with Crippen molar-refractivity contribution in [1.82, 2.24) is 10.2 Å². The van der Waals surface area contributed by atoms with E-state index in [2.05, 4.69) is 5.32 Å². The molecule has 10 heteroatoms. The molecule has 0 radical (unpaired) electrons. The number of furan rings is 1. The second kappa shape index (κ2) is 12.2. The number of thioether (sulfide) groups is 1. The molecule has 1 atom stereocenters. The van der Waals surface area contributed by atoms with Gasteiger partial charge in [-0.25, -0.2) is 9.79 Å². The third kappa shape index (κ3) is 5.76. The zero-order valence-electron chi connectivity index (χ0n) is 22.4. The van der Waals surface area contributed by atoms with E-state index in [9.17, 15) is 9.59 Å². The summed E-state index contributed by atoms with van der Waals surface area (Å²) >= 11 is 1.40. The van der Waals surface area contributed by atoms with E-state index in [1.54, 1.807) is 45.6 Å². The molecule has 5 rings (SSSR count). The fourth-order valence-corrected chi connectivity index (χ4v) is 5.56. The minimum atomic E-state index is -0.643. The summed E-state index contributed by atoms with van der Waals surface area (Å²) in [5, 5.41) is 5.44. The Kier molecular flexibility index (Phi) is 8.26. The Bertz CT molecular complexity index is 1480. The molecule has 1 N–H and O–H groups in total. The summed E-state index contributed by atoms with van der Waals surface area (Å²) < 4.78 is 22.2. The average molecular weight is 560 g/mol. The van der Waals surface area contributed by atoms with Gasteiger partial charge in [0.2, 0.25) is 5.91 Å². The van der Waals surface area contributed by atoms with Gasteiger partial charge in [0.25, 0.3) is 0 Å². The minimum absolute atomic E-state index is 0.0765. The number of amides is 1. The monoisotopic (exact) mass is 559 g/mol. The van der Waals surface area contributed by atoms with E-state index in [0.717, 1.165) is 5.56 Å². The van der Waals surface area contributed by atoms with Gasteiger partial charge < -0.3 is 28.8 Å². The number of fused-ring (bicyclic) bond motifs is 1. The number of hydrogen-bond acceptors (Lipinski definition) is 9. The molecule has 0 aliphatic carbocycles. The number of carbonyl (C=O) groups excluding carboxylic acids is 2. The first kappa shape index (κ1) is 27.1. The third-order valence-corrected chi connectivity index (χ3v) is 7.44. The van der Waals surface area contributed by atoms with Gasteiger partial charge in [-0.05, 0) is 42.2 Å². The number of carbonyl (C=O) groups is 2. The normalized spacial score (nSPS) is 16.2. The topological polar surface area (TPSA) is 103 Å². The largest absolute Gasteiger partial charge is 0.497 e. The fraction of sp³-hybridized carbons (Fsp3) is 0.233. The molecule has 206 valence electrons. The fourth-order valence-electron chi connectivity index (χ4n) is 4.60. The Labute approximate surface area is 236 Å². The zero-order valence-corrected chi connectivity index (χ0v) is 23.2. The maximum Gasteiger partial charge on any atom is 0.338 e. The van der Waals surface area contributed by atoms with Crippen LogP contribution in [0.4, 0.5) is 0 Å². The number of nitrogens with zero attached hydrogens (tertiary/aromatic N) is 2. The molecule has 2 aliphatic heterocycles. The molecule has 40 heavy (non-hydrogen) atoms. The summed E-state index contributed by atoms with van der Waals surface area (Å²) in [5.41, 5.74) is 3.19. The first-order valence-corrected chi connectivity index (χ1v) is 13.5. The lowest BCUT2D eigenvalue weighted by molar-refractivity contribution is -0.141. The molecule has 9 nitrogen and oxygen atoms in total. The zero-order chi connectivity index (χ0) is 28.1. The maximum atomic E-state index is 13.7. The highest BCUT2D eigenvalue weighted by Crippen LogP contribution is 2.47. The van der Waals surface area contributed by atoms with E-state index in [4.69, 9.17) is 23.6 Å². The van der Waals surface area contributed by atoms with E-state index in [-0.39, 0.29) is 25.5 Å². The Hall–Kier alpha value is -4.44. The molecule has 1 aromatic heterocycles. The molecule has 0 spiro atoms. The average Bonchev–Trinajstić information content (AvgIpc) is 3.64. The van der Waals surface area contributed by atoms with Gasteiger partial charge in [0.05, 0.1) is 50.8 Å². The summed E-state index contributed by atoms with van der Waals surface area (Å²) in [6, 6.07) is 17.9. The lowest BCUT2D eigenvalue weighted by atomic mass is 9.93. The maximum absolute atomic E-state index is 13.7. The number of nitrogens with one attached hydrogen (secondary N) is 1. The molecular weight excluding hydrogens is 530 g/mol. The van der Waals surface area contributed by atoms with Crippen LogP contribution in [0.25, 0.3) is 0 Å². The first-order chi connectivity index (χ1) is 19.5. The van der Waals surface area contributed by atoms with Gasteiger partial charge in [0.15, 0.2) is 5.17 Å². The molecule has 2 aliphatic rings. The highest BCUT2D eigenvalue weighted by molar-refractivity contribution is 8.16. The summed E-state index contributed by atoms with van der Waals surface area (Å²) in [7, 11) is 3.15. The number of rotatable bonds is 10. The van der Waals surface area contributed by atoms with Gasteiger partial charge in [-0.3, -0.25) is 4.79 Å². The minimum Gasteiger partial charge on any atom is -0.497 e. The molecule has 1 unspecified atom stereocenters. The molecule has 3 heterocycles. The van der Waals surface area contributed by atoms with E-state index >= 15 is 0 Å². The Morgan fingerprint density at radius 3 is 2.62 bits per heavy atom.